The molecule has 4 aromatic heterocycles. The Balaban J connectivity index is 0.816. The molecule has 3 N–H and O–H groups in total. The quantitative estimate of drug-likeness (QED) is 0.121. The van der Waals surface area contributed by atoms with Crippen LogP contribution < -0.4 is 20.9 Å². The van der Waals surface area contributed by atoms with Crippen LogP contribution in [-0.4, -0.2) is 95.8 Å². The number of hydrogen-bond donors (Lipinski definition) is 3. The van der Waals surface area contributed by atoms with Crippen LogP contribution >= 0.6 is 0 Å². The number of carbonyl (C=O) groups is 3. The first-order valence-corrected chi connectivity index (χ1v) is 23.3. The van der Waals surface area contributed by atoms with Gasteiger partial charge in [-0.3, -0.25) is 24.4 Å². The smallest absolute Gasteiger partial charge is 0.249 e. The molecule has 3 amide bonds. The van der Waals surface area contributed by atoms with E-state index in [1.165, 1.54) is 6.07 Å². The van der Waals surface area contributed by atoms with Crippen molar-refractivity contribution in [1.29, 1.82) is 5.26 Å². The van der Waals surface area contributed by atoms with Gasteiger partial charge in [0, 0.05) is 60.3 Å². The molecule has 4 fully saturated rings. The van der Waals surface area contributed by atoms with Gasteiger partial charge in [-0.2, -0.15) is 15.5 Å². The van der Waals surface area contributed by atoms with E-state index < -0.39 is 6.04 Å². The molecular formula is C49H59FN12O3. The third kappa shape index (κ3) is 9.20. The normalized spacial score (nSPS) is 22.1. The van der Waals surface area contributed by atoms with E-state index in [0.717, 1.165) is 106 Å². The molecule has 9 rings (SSSR count). The van der Waals surface area contributed by atoms with Crippen LogP contribution in [0.25, 0.3) is 28.0 Å². The van der Waals surface area contributed by atoms with E-state index in [0.29, 0.717) is 40.6 Å². The average Bonchev–Trinajstić information content (AvgIpc) is 3.98. The molecule has 65 heavy (non-hydrogen) atoms. The van der Waals surface area contributed by atoms with Crippen molar-refractivity contribution in [3.63, 3.8) is 0 Å². The monoisotopic (exact) mass is 882 g/mol. The minimum Gasteiger partial charge on any atom is -0.374 e. The number of amides is 3. The van der Waals surface area contributed by atoms with Crippen molar-refractivity contribution in [2.45, 2.75) is 128 Å². The van der Waals surface area contributed by atoms with E-state index >= 15 is 4.39 Å². The molecule has 3 saturated heterocycles. The van der Waals surface area contributed by atoms with Gasteiger partial charge < -0.3 is 20.4 Å². The van der Waals surface area contributed by atoms with E-state index in [9.17, 15) is 19.6 Å². The van der Waals surface area contributed by atoms with Gasteiger partial charge in [0.1, 0.15) is 34.8 Å². The first-order chi connectivity index (χ1) is 31.3. The summed E-state index contributed by atoms with van der Waals surface area (Å²) in [6.07, 6.45) is 18.0. The fraction of sp³-hybridized carbons (Fsp3) is 0.510. The molecular weight excluding hydrogens is 824 g/mol. The van der Waals surface area contributed by atoms with Crippen LogP contribution in [0.5, 0.6) is 0 Å². The molecule has 3 aliphatic heterocycles. The van der Waals surface area contributed by atoms with Gasteiger partial charge >= 0.3 is 0 Å². The Labute approximate surface area is 379 Å². The fourth-order valence-corrected chi connectivity index (χ4v) is 10.4. The number of rotatable bonds is 10. The summed E-state index contributed by atoms with van der Waals surface area (Å²) in [4.78, 5) is 51.8. The molecule has 15 nitrogen and oxygen atoms in total. The number of nitrogens with one attached hydrogen (secondary N) is 3. The highest BCUT2D eigenvalue weighted by Gasteiger charge is 2.41. The zero-order chi connectivity index (χ0) is 45.5. The number of pyridine rings is 1. The second kappa shape index (κ2) is 18.0. The summed E-state index contributed by atoms with van der Waals surface area (Å²) in [5, 5.41) is 28.0. The highest BCUT2D eigenvalue weighted by Crippen LogP contribution is 2.39. The fourth-order valence-electron chi connectivity index (χ4n) is 10.4. The number of hydrogen-bond acceptors (Lipinski definition) is 11. The predicted molar refractivity (Wildman–Crippen MR) is 245 cm³/mol. The van der Waals surface area contributed by atoms with Crippen LogP contribution in [0, 0.1) is 22.6 Å². The number of likely N-dealkylation sites (tertiary alicyclic amines) is 1. The minimum atomic E-state index is -0.547. The van der Waals surface area contributed by atoms with Crippen LogP contribution in [0.4, 0.5) is 15.9 Å². The van der Waals surface area contributed by atoms with Crippen LogP contribution in [0.15, 0.2) is 61.3 Å². The molecule has 0 bridgehead atoms. The zero-order valence-electron chi connectivity index (χ0n) is 37.8. The Morgan fingerprint density at radius 2 is 1.68 bits per heavy atom. The summed E-state index contributed by atoms with van der Waals surface area (Å²) in [7, 11) is 0. The number of anilines is 2. The van der Waals surface area contributed by atoms with Gasteiger partial charge in [-0.25, -0.2) is 18.9 Å². The Kier molecular flexibility index (Phi) is 12.2. The second-order valence-electron chi connectivity index (χ2n) is 19.5. The highest BCUT2D eigenvalue weighted by atomic mass is 19.1. The molecule has 1 aromatic carbocycles. The molecule has 1 saturated carbocycles. The Hall–Kier alpha value is -6.21. The number of fused-ring (bicyclic) bond motifs is 1. The molecule has 0 unspecified atom stereocenters. The predicted octanol–water partition coefficient (Wildman–Crippen LogP) is 7.16. The lowest BCUT2D eigenvalue weighted by molar-refractivity contribution is -0.135. The second-order valence-corrected chi connectivity index (χ2v) is 19.5. The Morgan fingerprint density at radius 1 is 0.923 bits per heavy atom. The third-order valence-electron chi connectivity index (χ3n) is 14.3. The van der Waals surface area contributed by atoms with Crippen molar-refractivity contribution in [2.75, 3.05) is 36.4 Å². The lowest BCUT2D eigenvalue weighted by Gasteiger charge is -2.42. The molecule has 5 aromatic rings. The molecule has 1 aliphatic carbocycles. The summed E-state index contributed by atoms with van der Waals surface area (Å²) in [6.45, 7) is 11.5. The van der Waals surface area contributed by atoms with E-state index in [1.807, 2.05) is 63.6 Å². The molecule has 1 atom stereocenters. The molecule has 16 heteroatoms. The lowest BCUT2D eigenvalue weighted by Crippen LogP contribution is -2.53. The number of imide groups is 1. The summed E-state index contributed by atoms with van der Waals surface area (Å²) in [5.41, 5.74) is 4.63. The summed E-state index contributed by atoms with van der Waals surface area (Å²) in [6, 6.07) is 11.6. The summed E-state index contributed by atoms with van der Waals surface area (Å²) < 4.78 is 19.2. The number of aromatic nitrogens is 6. The highest BCUT2D eigenvalue weighted by molar-refractivity contribution is 6.01. The van der Waals surface area contributed by atoms with E-state index in [4.69, 9.17) is 15.1 Å². The number of nitriles is 1. The largest absolute Gasteiger partial charge is 0.374 e. The zero-order valence-corrected chi connectivity index (χ0v) is 37.8. The van der Waals surface area contributed by atoms with Crippen molar-refractivity contribution >= 4 is 34.7 Å². The van der Waals surface area contributed by atoms with Gasteiger partial charge in [-0.15, -0.1) is 0 Å². The molecule has 7 heterocycles. The number of piperidine rings is 3. The van der Waals surface area contributed by atoms with Gasteiger partial charge in [0.15, 0.2) is 0 Å². The number of halogens is 1. The summed E-state index contributed by atoms with van der Waals surface area (Å²) in [5.74, 6) is 0.213. The van der Waals surface area contributed by atoms with Crippen LogP contribution in [0.2, 0.25) is 0 Å². The molecule has 0 spiro atoms. The summed E-state index contributed by atoms with van der Waals surface area (Å²) >= 11 is 0. The maximum absolute atomic E-state index is 15.4. The minimum absolute atomic E-state index is 0.131. The topological polar surface area (TPSA) is 178 Å². The first kappa shape index (κ1) is 44.0. The van der Waals surface area contributed by atoms with Crippen molar-refractivity contribution in [3.8, 4) is 28.6 Å². The number of benzene rings is 1. The maximum atomic E-state index is 15.4. The number of nitrogens with zero attached hydrogens (tertiary/aromatic N) is 9. The van der Waals surface area contributed by atoms with E-state index in [-0.39, 0.29) is 52.9 Å². The SMILES string of the molecule is CCC1(C(=O)NC(C)(C)C)CCN(c2ccc(-c3nc(-c4cnn([C@H]5CC[C@H](N6CCC(c7ccc(N[C@H]8CCC(=O)NC8=O)cc7F)CC6)CC5)c4)cn4ncc(C#N)c34)cn2)CC1. The van der Waals surface area contributed by atoms with E-state index in [2.05, 4.69) is 54.7 Å². The standard InChI is InChI=1S/C49H59FN12O3/c1-5-49(47(65)58-48(2,3)4)18-22-60(23-19-49)42-14-6-32(26-52-42)44-45-33(25-51)27-54-62(45)30-41(56-44)34-28-53-61(29-34)37-10-8-36(9-11-37)59-20-16-31(17-21-59)38-12-7-35(24-39(38)50)55-40-13-15-43(63)57-46(40)64/h6-7,12,14,24,26-31,36-37,40,55H,5,8-11,13,15-23H2,1-4H3,(H,58,65)(H,57,63,64)/t36-,37-,40-/m0/s1. The van der Waals surface area contributed by atoms with Crippen molar-refractivity contribution in [2.24, 2.45) is 5.41 Å². The van der Waals surface area contributed by atoms with Gasteiger partial charge in [0.05, 0.1) is 41.4 Å². The lowest BCUT2D eigenvalue weighted by atomic mass is 9.75. The van der Waals surface area contributed by atoms with Crippen molar-refractivity contribution in [1.82, 2.24) is 44.9 Å². The van der Waals surface area contributed by atoms with E-state index in [1.54, 1.807) is 10.7 Å². The van der Waals surface area contributed by atoms with Crippen molar-refractivity contribution < 1.29 is 18.8 Å². The Morgan fingerprint density at radius 3 is 2.34 bits per heavy atom. The van der Waals surface area contributed by atoms with Gasteiger partial charge in [-0.1, -0.05) is 13.0 Å². The third-order valence-corrected chi connectivity index (χ3v) is 14.3. The number of carbonyl (C=O) groups excluding carboxylic acids is 3. The molecule has 340 valence electrons. The van der Waals surface area contributed by atoms with Gasteiger partial charge in [0.25, 0.3) is 0 Å². The van der Waals surface area contributed by atoms with Crippen LogP contribution in [0.1, 0.15) is 121 Å². The van der Waals surface area contributed by atoms with Crippen LogP contribution in [-0.2, 0) is 14.4 Å². The van der Waals surface area contributed by atoms with Gasteiger partial charge in [0.2, 0.25) is 17.7 Å². The van der Waals surface area contributed by atoms with Gasteiger partial charge in [-0.05, 0) is 134 Å². The average molecular weight is 883 g/mol. The molecule has 0 radical (unpaired) electrons. The Bertz CT molecular complexity index is 2600. The molecule has 4 aliphatic rings. The van der Waals surface area contributed by atoms with Crippen molar-refractivity contribution in [3.05, 3.63) is 78.3 Å². The maximum Gasteiger partial charge on any atom is 0.249 e. The first-order valence-electron chi connectivity index (χ1n) is 23.3. The van der Waals surface area contributed by atoms with Crippen LogP contribution in [0.3, 0.4) is 0 Å².